The Bertz CT molecular complexity index is 774. The fourth-order valence-corrected chi connectivity index (χ4v) is 8.14. The monoisotopic (exact) mass is 414 g/mol. The van der Waals surface area contributed by atoms with Crippen LogP contribution in [0.25, 0.3) is 6.08 Å². The number of fused-ring (bicyclic) bond motifs is 5. The lowest BCUT2D eigenvalue weighted by molar-refractivity contribution is 0.00193. The molecule has 0 saturated heterocycles. The maximum Gasteiger partial charge on any atom is 0.242 e. The van der Waals surface area contributed by atoms with E-state index in [2.05, 4.69) is 76.6 Å². The summed E-state index contributed by atoms with van der Waals surface area (Å²) in [6.07, 6.45) is 10.5. The van der Waals surface area contributed by atoms with Crippen molar-refractivity contribution in [3.8, 4) is 5.75 Å². The Balaban J connectivity index is 1.58. The summed E-state index contributed by atoms with van der Waals surface area (Å²) >= 11 is 0. The van der Waals surface area contributed by atoms with Gasteiger partial charge in [0.05, 0.1) is 6.10 Å². The minimum absolute atomic E-state index is 0.351. The van der Waals surface area contributed by atoms with Gasteiger partial charge in [0.2, 0.25) is 8.32 Å². The molecule has 5 atom stereocenters. The fraction of sp³-hybridized carbons (Fsp3) is 0.667. The third kappa shape index (κ3) is 3.80. The van der Waals surface area contributed by atoms with Crippen molar-refractivity contribution >= 4 is 22.7 Å². The van der Waals surface area contributed by atoms with Crippen LogP contribution in [0, 0.1) is 17.3 Å². The summed E-state index contributed by atoms with van der Waals surface area (Å²) in [5.74, 6) is 3.15. The third-order valence-corrected chi connectivity index (χ3v) is 8.96. The molecule has 2 nitrogen and oxygen atoms in total. The SMILES string of the molecule is C[C@]12CCC3c4ccc(O[Si](C)(C)C)cc4C=CC3C1CC[C@@H]2O[Si](C)(C)C. The lowest BCUT2D eigenvalue weighted by atomic mass is 9.57. The summed E-state index contributed by atoms with van der Waals surface area (Å²) in [5, 5.41) is 0. The summed E-state index contributed by atoms with van der Waals surface area (Å²) < 4.78 is 12.9. The molecule has 2 saturated carbocycles. The van der Waals surface area contributed by atoms with E-state index in [9.17, 15) is 0 Å². The van der Waals surface area contributed by atoms with E-state index in [4.69, 9.17) is 8.85 Å². The normalized spacial score (nSPS) is 34.5. The van der Waals surface area contributed by atoms with Gasteiger partial charge in [-0.25, -0.2) is 0 Å². The van der Waals surface area contributed by atoms with Crippen LogP contribution in [0.4, 0.5) is 0 Å². The highest BCUT2D eigenvalue weighted by atomic mass is 28.4. The summed E-state index contributed by atoms with van der Waals surface area (Å²) in [7, 11) is -3.07. The molecule has 154 valence electrons. The van der Waals surface area contributed by atoms with Crippen molar-refractivity contribution in [3.63, 3.8) is 0 Å². The van der Waals surface area contributed by atoms with Crippen molar-refractivity contribution in [2.75, 3.05) is 0 Å². The number of hydrogen-bond acceptors (Lipinski definition) is 2. The van der Waals surface area contributed by atoms with Gasteiger partial charge < -0.3 is 8.85 Å². The molecule has 0 spiro atoms. The molecule has 3 aliphatic carbocycles. The van der Waals surface area contributed by atoms with Gasteiger partial charge in [-0.05, 0) is 111 Å². The number of allylic oxidation sites excluding steroid dienone is 1. The molecule has 4 rings (SSSR count). The van der Waals surface area contributed by atoms with E-state index in [1.165, 1.54) is 31.2 Å². The third-order valence-electron chi connectivity index (χ3n) is 7.12. The van der Waals surface area contributed by atoms with Crippen molar-refractivity contribution in [1.82, 2.24) is 0 Å². The lowest BCUT2D eigenvalue weighted by Gasteiger charge is -2.50. The molecule has 0 aromatic heterocycles. The van der Waals surface area contributed by atoms with Crippen LogP contribution in [-0.4, -0.2) is 22.7 Å². The zero-order valence-electron chi connectivity index (χ0n) is 18.8. The number of hydrogen-bond donors (Lipinski definition) is 0. The maximum absolute atomic E-state index is 6.68. The molecular weight excluding hydrogens is 376 g/mol. The van der Waals surface area contributed by atoms with Crippen LogP contribution >= 0.6 is 0 Å². The van der Waals surface area contributed by atoms with Gasteiger partial charge >= 0.3 is 0 Å². The van der Waals surface area contributed by atoms with E-state index >= 15 is 0 Å². The van der Waals surface area contributed by atoms with Crippen LogP contribution < -0.4 is 4.43 Å². The van der Waals surface area contributed by atoms with Gasteiger partial charge in [0, 0.05) is 0 Å². The summed E-state index contributed by atoms with van der Waals surface area (Å²) in [6.45, 7) is 16.3. The predicted octanol–water partition coefficient (Wildman–Crippen LogP) is 7.06. The van der Waals surface area contributed by atoms with Crippen LogP contribution in [0.1, 0.15) is 49.7 Å². The smallest absolute Gasteiger partial charge is 0.242 e. The first-order valence-electron chi connectivity index (χ1n) is 11.2. The molecule has 0 aliphatic heterocycles. The Morgan fingerprint density at radius 3 is 2.39 bits per heavy atom. The molecule has 1 aromatic carbocycles. The Hall–Kier alpha value is -0.846. The molecule has 1 aromatic rings. The molecule has 0 heterocycles. The Labute approximate surface area is 174 Å². The van der Waals surface area contributed by atoms with E-state index in [-0.39, 0.29) is 0 Å². The highest BCUT2D eigenvalue weighted by Crippen LogP contribution is 2.61. The highest BCUT2D eigenvalue weighted by Gasteiger charge is 2.55. The summed E-state index contributed by atoms with van der Waals surface area (Å²) in [6, 6.07) is 6.85. The van der Waals surface area contributed by atoms with Crippen molar-refractivity contribution < 1.29 is 8.85 Å². The molecule has 28 heavy (non-hydrogen) atoms. The van der Waals surface area contributed by atoms with E-state index in [0.717, 1.165) is 11.7 Å². The second-order valence-electron chi connectivity index (χ2n) is 11.5. The zero-order valence-corrected chi connectivity index (χ0v) is 20.8. The molecule has 4 heteroatoms. The van der Waals surface area contributed by atoms with Gasteiger partial charge in [-0.1, -0.05) is 25.1 Å². The Morgan fingerprint density at radius 2 is 1.71 bits per heavy atom. The Kier molecular flexibility index (Phi) is 5.00. The van der Waals surface area contributed by atoms with Crippen LogP contribution in [0.2, 0.25) is 39.3 Å². The zero-order chi connectivity index (χ0) is 20.3. The first-order valence-corrected chi connectivity index (χ1v) is 18.0. The van der Waals surface area contributed by atoms with Gasteiger partial charge in [0.1, 0.15) is 5.75 Å². The maximum atomic E-state index is 6.68. The van der Waals surface area contributed by atoms with Crippen molar-refractivity contribution in [3.05, 3.63) is 35.4 Å². The second kappa shape index (κ2) is 6.85. The molecule has 0 bridgehead atoms. The van der Waals surface area contributed by atoms with Gasteiger partial charge in [0.25, 0.3) is 0 Å². The van der Waals surface area contributed by atoms with Crippen LogP contribution in [-0.2, 0) is 4.43 Å². The van der Waals surface area contributed by atoms with Crippen molar-refractivity contribution in [1.29, 1.82) is 0 Å². The van der Waals surface area contributed by atoms with Crippen LogP contribution in [0.15, 0.2) is 24.3 Å². The standard InChI is InChI=1S/C24H38O2Si2/c1-24-15-14-20-19-11-9-18(25-27(2,3)4)16-17(19)8-10-21(20)22(24)12-13-23(24)26-28(5,6)7/h8-11,16,20-23H,12-15H2,1-7H3/t20?,21?,22?,23-,24-/m0/s1. The van der Waals surface area contributed by atoms with Gasteiger partial charge in [-0.15, -0.1) is 0 Å². The largest absolute Gasteiger partial charge is 0.544 e. The van der Waals surface area contributed by atoms with E-state index < -0.39 is 16.6 Å². The highest BCUT2D eigenvalue weighted by molar-refractivity contribution is 6.70. The molecule has 2 fully saturated rings. The molecule has 0 radical (unpaired) electrons. The first kappa shape index (κ1) is 20.4. The quantitative estimate of drug-likeness (QED) is 0.491. The Morgan fingerprint density at radius 1 is 0.964 bits per heavy atom. The lowest BCUT2D eigenvalue weighted by Crippen LogP contribution is -2.46. The van der Waals surface area contributed by atoms with E-state index in [0.29, 0.717) is 23.4 Å². The van der Waals surface area contributed by atoms with Gasteiger partial charge in [-0.2, -0.15) is 0 Å². The molecular formula is C24H38O2Si2. The van der Waals surface area contributed by atoms with Crippen LogP contribution in [0.5, 0.6) is 5.75 Å². The molecule has 0 amide bonds. The van der Waals surface area contributed by atoms with Gasteiger partial charge in [-0.3, -0.25) is 0 Å². The summed E-state index contributed by atoms with van der Waals surface area (Å²) in [4.78, 5) is 0. The minimum Gasteiger partial charge on any atom is -0.544 e. The van der Waals surface area contributed by atoms with E-state index in [1.807, 2.05) is 0 Å². The fourth-order valence-electron chi connectivity index (χ4n) is 6.07. The molecule has 3 unspecified atom stereocenters. The number of benzene rings is 1. The predicted molar refractivity (Wildman–Crippen MR) is 124 cm³/mol. The van der Waals surface area contributed by atoms with E-state index in [1.54, 1.807) is 5.56 Å². The van der Waals surface area contributed by atoms with Crippen LogP contribution in [0.3, 0.4) is 0 Å². The molecule has 3 aliphatic rings. The molecule has 0 N–H and O–H groups in total. The summed E-state index contributed by atoms with van der Waals surface area (Å²) in [5.41, 5.74) is 3.28. The van der Waals surface area contributed by atoms with Gasteiger partial charge in [0.15, 0.2) is 8.32 Å². The number of rotatable bonds is 4. The minimum atomic E-state index is -1.57. The van der Waals surface area contributed by atoms with Crippen molar-refractivity contribution in [2.45, 2.75) is 83.9 Å². The topological polar surface area (TPSA) is 18.5 Å². The van der Waals surface area contributed by atoms with Crippen molar-refractivity contribution in [2.24, 2.45) is 17.3 Å². The first-order chi connectivity index (χ1) is 13.0. The average molecular weight is 415 g/mol. The average Bonchev–Trinajstić information content (AvgIpc) is 2.88. The second-order valence-corrected chi connectivity index (χ2v) is 20.4.